The molecule has 1 aromatic heterocycles. The van der Waals surface area contributed by atoms with Gasteiger partial charge in [0, 0.05) is 11.1 Å². The molecule has 1 saturated carbocycles. The van der Waals surface area contributed by atoms with E-state index in [4.69, 9.17) is 4.74 Å². The number of thiazole rings is 1. The number of ether oxygens (including phenoxy) is 1. The van der Waals surface area contributed by atoms with Gasteiger partial charge < -0.3 is 10.1 Å². The zero-order chi connectivity index (χ0) is 20.4. The van der Waals surface area contributed by atoms with Crippen LogP contribution in [-0.4, -0.2) is 34.2 Å². The van der Waals surface area contributed by atoms with Gasteiger partial charge in [-0.05, 0) is 31.9 Å². The van der Waals surface area contributed by atoms with E-state index in [9.17, 15) is 14.4 Å². The Kier molecular flexibility index (Phi) is 5.62. The van der Waals surface area contributed by atoms with Gasteiger partial charge in [0.25, 0.3) is 0 Å². The van der Waals surface area contributed by atoms with Gasteiger partial charge in [0.15, 0.2) is 5.13 Å². The Morgan fingerprint density at radius 3 is 2.48 bits per heavy atom. The molecule has 8 heteroatoms. The normalized spacial score (nSPS) is 21.2. The van der Waals surface area contributed by atoms with E-state index in [1.165, 1.54) is 16.9 Å². The van der Waals surface area contributed by atoms with E-state index in [0.29, 0.717) is 10.8 Å². The second-order valence-electron chi connectivity index (χ2n) is 7.56. The first-order valence-electron chi connectivity index (χ1n) is 9.80. The Balaban J connectivity index is 1.29. The number of amides is 2. The van der Waals surface area contributed by atoms with Gasteiger partial charge in [-0.1, -0.05) is 30.5 Å². The number of likely N-dealkylation sites (tertiary alicyclic amines) is 1. The maximum Gasteiger partial charge on any atom is 0.326 e. The third-order valence-electron chi connectivity index (χ3n) is 5.46. The lowest BCUT2D eigenvalue weighted by atomic mass is 9.81. The summed E-state index contributed by atoms with van der Waals surface area (Å²) in [7, 11) is 0. The number of benzene rings is 1. The van der Waals surface area contributed by atoms with Crippen molar-refractivity contribution in [3.05, 3.63) is 40.9 Å². The van der Waals surface area contributed by atoms with Gasteiger partial charge in [-0.15, -0.1) is 11.3 Å². The van der Waals surface area contributed by atoms with E-state index in [2.05, 4.69) is 10.3 Å². The third-order valence-corrected chi connectivity index (χ3v) is 6.26. The predicted octanol–water partition coefficient (Wildman–Crippen LogP) is 3.41. The van der Waals surface area contributed by atoms with Crippen molar-refractivity contribution in [2.75, 3.05) is 11.9 Å². The molecule has 0 bridgehead atoms. The fourth-order valence-corrected chi connectivity index (χ4v) is 4.62. The molecule has 4 rings (SSSR count). The standard InChI is InChI=1S/C21H23N3O4S/c1-13-6-8-14(9-7-13)22-21-23-15(12-29-21)11-28-18(25)10-24-19(26)16-4-2-3-5-17(16)20(24)27/h6-9,12,16-17H,2-5,10-11H2,1H3,(H,22,23)/t16-,17-/m1/s1. The number of carbonyl (C=O) groups excluding carboxylic acids is 3. The highest BCUT2D eigenvalue weighted by molar-refractivity contribution is 7.13. The van der Waals surface area contributed by atoms with Gasteiger partial charge in [0.05, 0.1) is 17.5 Å². The van der Waals surface area contributed by atoms with Gasteiger partial charge in [-0.25, -0.2) is 4.98 Å². The minimum absolute atomic E-state index is 0.00793. The average Bonchev–Trinajstić information content (AvgIpc) is 3.27. The van der Waals surface area contributed by atoms with Crippen molar-refractivity contribution in [3.63, 3.8) is 0 Å². The summed E-state index contributed by atoms with van der Waals surface area (Å²) in [4.78, 5) is 42.5. The van der Waals surface area contributed by atoms with E-state index in [1.54, 1.807) is 0 Å². The number of carbonyl (C=O) groups is 3. The predicted molar refractivity (Wildman–Crippen MR) is 109 cm³/mol. The summed E-state index contributed by atoms with van der Waals surface area (Å²) in [5.74, 6) is -1.55. The molecule has 2 atom stereocenters. The molecule has 0 spiro atoms. The van der Waals surface area contributed by atoms with Crippen molar-refractivity contribution in [1.82, 2.24) is 9.88 Å². The lowest BCUT2D eigenvalue weighted by Crippen LogP contribution is -2.36. The molecule has 1 aliphatic heterocycles. The molecular formula is C21H23N3O4S. The van der Waals surface area contributed by atoms with Gasteiger partial charge in [-0.3, -0.25) is 19.3 Å². The molecule has 2 heterocycles. The van der Waals surface area contributed by atoms with Crippen molar-refractivity contribution in [2.45, 2.75) is 39.2 Å². The molecular weight excluding hydrogens is 390 g/mol. The van der Waals surface area contributed by atoms with Crippen LogP contribution in [0.1, 0.15) is 36.9 Å². The summed E-state index contributed by atoms with van der Waals surface area (Å²) >= 11 is 1.42. The van der Waals surface area contributed by atoms with Crippen molar-refractivity contribution in [3.8, 4) is 0 Å². The van der Waals surface area contributed by atoms with Crippen LogP contribution in [0.2, 0.25) is 0 Å². The number of aromatic nitrogens is 1. The molecule has 152 valence electrons. The summed E-state index contributed by atoms with van der Waals surface area (Å²) in [5.41, 5.74) is 2.73. The number of rotatable bonds is 6. The number of hydrogen-bond donors (Lipinski definition) is 1. The number of fused-ring (bicyclic) bond motifs is 1. The molecule has 29 heavy (non-hydrogen) atoms. The van der Waals surface area contributed by atoms with Crippen LogP contribution in [0, 0.1) is 18.8 Å². The first-order valence-corrected chi connectivity index (χ1v) is 10.7. The topological polar surface area (TPSA) is 88.6 Å². The number of anilines is 2. The summed E-state index contributed by atoms with van der Waals surface area (Å²) in [5, 5.41) is 5.72. The van der Waals surface area contributed by atoms with Crippen LogP contribution < -0.4 is 5.32 Å². The van der Waals surface area contributed by atoms with Crippen LogP contribution >= 0.6 is 11.3 Å². The fourth-order valence-electron chi connectivity index (χ4n) is 3.91. The molecule has 2 amide bonds. The molecule has 1 aromatic carbocycles. The lowest BCUT2D eigenvalue weighted by molar-refractivity contribution is -0.153. The highest BCUT2D eigenvalue weighted by Crippen LogP contribution is 2.37. The van der Waals surface area contributed by atoms with Crippen LogP contribution in [0.25, 0.3) is 0 Å². The number of nitrogens with one attached hydrogen (secondary N) is 1. The van der Waals surface area contributed by atoms with E-state index >= 15 is 0 Å². The first-order chi connectivity index (χ1) is 14.0. The second-order valence-corrected chi connectivity index (χ2v) is 8.41. The highest BCUT2D eigenvalue weighted by Gasteiger charge is 2.48. The maximum atomic E-state index is 12.4. The SMILES string of the molecule is Cc1ccc(Nc2nc(COC(=O)CN3C(=O)[C@@H]4CCCC[C@H]4C3=O)cs2)cc1. The Morgan fingerprint density at radius 2 is 1.83 bits per heavy atom. The monoisotopic (exact) mass is 413 g/mol. The van der Waals surface area contributed by atoms with E-state index in [1.807, 2.05) is 36.6 Å². The van der Waals surface area contributed by atoms with Crippen LogP contribution in [-0.2, 0) is 25.7 Å². The van der Waals surface area contributed by atoms with Crippen LogP contribution in [0.5, 0.6) is 0 Å². The Hall–Kier alpha value is -2.74. The van der Waals surface area contributed by atoms with Crippen LogP contribution in [0.3, 0.4) is 0 Å². The largest absolute Gasteiger partial charge is 0.458 e. The van der Waals surface area contributed by atoms with E-state index in [0.717, 1.165) is 36.3 Å². The maximum absolute atomic E-state index is 12.4. The molecule has 1 saturated heterocycles. The minimum atomic E-state index is -0.591. The molecule has 1 aliphatic carbocycles. The highest BCUT2D eigenvalue weighted by atomic mass is 32.1. The summed E-state index contributed by atoms with van der Waals surface area (Å²) in [6, 6.07) is 7.96. The lowest BCUT2D eigenvalue weighted by Gasteiger charge is -2.19. The molecule has 1 N–H and O–H groups in total. The molecule has 2 aliphatic rings. The zero-order valence-corrected chi connectivity index (χ0v) is 17.0. The van der Waals surface area contributed by atoms with Crippen LogP contribution in [0.4, 0.5) is 10.8 Å². The number of imide groups is 1. The molecule has 0 unspecified atom stereocenters. The van der Waals surface area contributed by atoms with Crippen molar-refractivity contribution >= 4 is 39.9 Å². The van der Waals surface area contributed by atoms with Gasteiger partial charge in [0.2, 0.25) is 11.8 Å². The quantitative estimate of drug-likeness (QED) is 0.577. The number of hydrogen-bond acceptors (Lipinski definition) is 7. The summed E-state index contributed by atoms with van der Waals surface area (Å²) in [6.45, 7) is 1.72. The fraction of sp³-hybridized carbons (Fsp3) is 0.429. The summed E-state index contributed by atoms with van der Waals surface area (Å²) < 4.78 is 5.25. The van der Waals surface area contributed by atoms with Gasteiger partial charge >= 0.3 is 5.97 Å². The zero-order valence-electron chi connectivity index (χ0n) is 16.2. The van der Waals surface area contributed by atoms with E-state index < -0.39 is 5.97 Å². The van der Waals surface area contributed by atoms with Gasteiger partial charge in [0.1, 0.15) is 13.2 Å². The first kappa shape index (κ1) is 19.6. The van der Waals surface area contributed by atoms with Crippen molar-refractivity contribution in [2.24, 2.45) is 11.8 Å². The van der Waals surface area contributed by atoms with Crippen molar-refractivity contribution < 1.29 is 19.1 Å². The Labute approximate surface area is 173 Å². The summed E-state index contributed by atoms with van der Waals surface area (Å²) in [6.07, 6.45) is 3.38. The smallest absolute Gasteiger partial charge is 0.326 e. The van der Waals surface area contributed by atoms with E-state index in [-0.39, 0.29) is 36.8 Å². The van der Waals surface area contributed by atoms with Crippen LogP contribution in [0.15, 0.2) is 29.6 Å². The second kappa shape index (κ2) is 8.32. The Bertz CT molecular complexity index is 900. The minimum Gasteiger partial charge on any atom is -0.458 e. The number of esters is 1. The average molecular weight is 413 g/mol. The third kappa shape index (κ3) is 4.32. The van der Waals surface area contributed by atoms with Crippen molar-refractivity contribution in [1.29, 1.82) is 0 Å². The Morgan fingerprint density at radius 1 is 1.17 bits per heavy atom. The molecule has 2 aromatic rings. The number of nitrogens with zero attached hydrogens (tertiary/aromatic N) is 2. The molecule has 0 radical (unpaired) electrons. The number of aryl methyl sites for hydroxylation is 1. The molecule has 7 nitrogen and oxygen atoms in total. The van der Waals surface area contributed by atoms with Gasteiger partial charge in [-0.2, -0.15) is 0 Å². The molecule has 2 fully saturated rings.